The van der Waals surface area contributed by atoms with E-state index in [2.05, 4.69) is 48.9 Å². The molecule has 2 rings (SSSR count). The summed E-state index contributed by atoms with van der Waals surface area (Å²) in [4.78, 5) is 60.6. The van der Waals surface area contributed by atoms with E-state index in [0.717, 1.165) is 61.6 Å². The molecule has 0 aliphatic carbocycles. The van der Waals surface area contributed by atoms with Crippen molar-refractivity contribution in [3.05, 3.63) is 69.9 Å². The van der Waals surface area contributed by atoms with Crippen molar-refractivity contribution in [2.24, 2.45) is 49.4 Å². The molecule has 0 bridgehead atoms. The minimum Gasteiger partial charge on any atom is -0.390 e. The van der Waals surface area contributed by atoms with E-state index in [1.54, 1.807) is 13.8 Å². The van der Waals surface area contributed by atoms with Crippen molar-refractivity contribution in [3.8, 4) is 0 Å². The maximum absolute atomic E-state index is 13.8. The third kappa shape index (κ3) is 27.5. The highest BCUT2D eigenvalue weighted by Gasteiger charge is 2.33. The molecule has 0 saturated carbocycles. The first kappa shape index (κ1) is 64.5. The van der Waals surface area contributed by atoms with Crippen LogP contribution in [0.2, 0.25) is 0 Å². The van der Waals surface area contributed by atoms with Gasteiger partial charge in [0, 0.05) is 66.3 Å². The Hall–Kier alpha value is -5.82. The van der Waals surface area contributed by atoms with E-state index in [1.165, 1.54) is 33.2 Å². The highest BCUT2D eigenvalue weighted by atomic mass is 32.2. The molecule has 17 nitrogen and oxygen atoms in total. The Morgan fingerprint density at radius 2 is 1.36 bits per heavy atom. The Bertz CT molecular complexity index is 1930. The second-order valence-corrected chi connectivity index (χ2v) is 14.0. The van der Waals surface area contributed by atoms with Gasteiger partial charge in [0.2, 0.25) is 5.91 Å². The average Bonchev–Trinajstić information content (AvgIpc) is 3.26. The number of alkyl halides is 6. The van der Waals surface area contributed by atoms with Gasteiger partial charge in [0.15, 0.2) is 5.96 Å². The molecule has 66 heavy (non-hydrogen) atoms. The first-order chi connectivity index (χ1) is 31.1. The van der Waals surface area contributed by atoms with Crippen molar-refractivity contribution in [2.45, 2.75) is 77.6 Å². The maximum Gasteiger partial charge on any atom is 0.416 e. The van der Waals surface area contributed by atoms with Crippen LogP contribution >= 0.6 is 11.8 Å². The van der Waals surface area contributed by atoms with Gasteiger partial charge in [0.25, 0.3) is 11.8 Å². The number of nitrogens with one attached hydrogen (secondary N) is 4. The zero-order valence-corrected chi connectivity index (χ0v) is 39.5. The lowest BCUT2D eigenvalue weighted by atomic mass is 10.0. The van der Waals surface area contributed by atoms with E-state index in [-0.39, 0.29) is 65.8 Å². The molecular weight excluding hydrogens is 897 g/mol. The van der Waals surface area contributed by atoms with Gasteiger partial charge in [0.1, 0.15) is 12.0 Å². The zero-order chi connectivity index (χ0) is 51.5. The van der Waals surface area contributed by atoms with Crippen LogP contribution in [0.25, 0.3) is 0 Å². The molecular formula is C42H67F6N13O4S. The van der Waals surface area contributed by atoms with Crippen LogP contribution in [0.1, 0.15) is 70.1 Å². The van der Waals surface area contributed by atoms with Crippen LogP contribution in [0.15, 0.2) is 73.1 Å². The van der Waals surface area contributed by atoms with Crippen molar-refractivity contribution in [1.82, 2.24) is 5.32 Å². The number of hydrogen-bond donors (Lipinski definition) is 10. The number of amides is 3. The molecule has 0 spiro atoms. The summed E-state index contributed by atoms with van der Waals surface area (Å²) in [6.07, 6.45) is -3.89. The predicted octanol–water partition coefficient (Wildman–Crippen LogP) is 5.29. The first-order valence-electron chi connectivity index (χ1n) is 20.2. The molecule has 3 amide bonds. The summed E-state index contributed by atoms with van der Waals surface area (Å²) in [5.41, 5.74) is 27.3. The Balaban J connectivity index is -0.00000199. The Morgan fingerprint density at radius 1 is 0.833 bits per heavy atom. The van der Waals surface area contributed by atoms with E-state index < -0.39 is 41.2 Å². The zero-order valence-electron chi connectivity index (χ0n) is 38.7. The number of nitrogens with two attached hydrogens (primary N) is 6. The topological polar surface area (TPSA) is 310 Å². The normalized spacial score (nSPS) is 11.5. The van der Waals surface area contributed by atoms with Crippen LogP contribution in [0.3, 0.4) is 0 Å². The molecule has 2 aromatic carbocycles. The molecule has 0 aliphatic heterocycles. The number of anilines is 3. The number of allylic oxidation sites excluding steroid dienone is 1. The van der Waals surface area contributed by atoms with Gasteiger partial charge >= 0.3 is 12.4 Å². The number of guanidine groups is 1. The highest BCUT2D eigenvalue weighted by Crippen LogP contribution is 2.37. The van der Waals surface area contributed by atoms with Crippen molar-refractivity contribution in [1.29, 1.82) is 0 Å². The summed E-state index contributed by atoms with van der Waals surface area (Å²) in [6.45, 7) is 9.59. The molecule has 0 unspecified atom stereocenters. The standard InChI is InChI=1S/C32H37F6N7O3S.C4H9N3O.C3H9N.C2H7N.CH5N/c1-5-18(3)22(16-26(42-6-2)30(48)45-25-13-20(31(33,34)35)7-8-27(25)49-12-10-39)29(47)44-24-15-21(32(36,37)38)14-23(19(24)4)43-28(46)9-11-41-17-40;5-4(6)7-2-1-3-8;1-2-3-4;1-3-2;1-2/h6-8,13-17H,5,9-12,39H2,1-4H3,(H2,40,41)(H,43,46)(H,44,47)(H,45,48);3H,1-2H2,(H4,5,6,7);2-4H2,1H3;3H,1-2H3;2H2,1H3/b22-18-,26-16-,42-6?;;;;. The van der Waals surface area contributed by atoms with E-state index in [9.17, 15) is 45.5 Å². The minimum absolute atomic E-state index is 0.00150. The number of carbonyl (C=O) groups is 4. The highest BCUT2D eigenvalue weighted by molar-refractivity contribution is 7.99. The molecule has 16 N–H and O–H groups in total. The van der Waals surface area contributed by atoms with E-state index in [4.69, 9.17) is 28.7 Å². The fourth-order valence-corrected chi connectivity index (χ4v) is 5.09. The minimum atomic E-state index is -4.85. The Labute approximate surface area is 387 Å². The number of aliphatic imine (C=N–C) groups is 3. The summed E-state index contributed by atoms with van der Waals surface area (Å²) in [5, 5.41) is 10.0. The molecule has 0 aliphatic rings. The number of thioether (sulfide) groups is 1. The van der Waals surface area contributed by atoms with Gasteiger partial charge in [-0.25, -0.2) is 0 Å². The van der Waals surface area contributed by atoms with E-state index in [1.807, 2.05) is 14.1 Å². The van der Waals surface area contributed by atoms with Crippen LogP contribution in [0, 0.1) is 6.92 Å². The van der Waals surface area contributed by atoms with Crippen LogP contribution in [0.5, 0.6) is 0 Å². The molecule has 2 aromatic rings. The van der Waals surface area contributed by atoms with Gasteiger partial charge in [-0.3, -0.25) is 29.4 Å². The number of carbonyl (C=O) groups excluding carboxylic acids is 4. The molecule has 0 fully saturated rings. The monoisotopic (exact) mass is 964 g/mol. The van der Waals surface area contributed by atoms with Crippen molar-refractivity contribution in [2.75, 3.05) is 69.0 Å². The third-order valence-corrected chi connectivity index (χ3v) is 8.71. The summed E-state index contributed by atoms with van der Waals surface area (Å²) in [6, 6.07) is 4.27. The van der Waals surface area contributed by atoms with Gasteiger partial charge in [-0.1, -0.05) is 19.4 Å². The largest absolute Gasteiger partial charge is 0.416 e. The van der Waals surface area contributed by atoms with Gasteiger partial charge < -0.3 is 60.5 Å². The van der Waals surface area contributed by atoms with Crippen LogP contribution in [-0.2, 0) is 31.5 Å². The van der Waals surface area contributed by atoms with Crippen molar-refractivity contribution in [3.63, 3.8) is 0 Å². The quantitative estimate of drug-likeness (QED) is 0.0133. The SMILES string of the molecule is CC=N/C(=C\C(C(=O)Nc1cc(C(F)(F)F)cc(NC(=O)CCN=CN)c1C)=C(/C)CC)C(=O)Nc1cc(C(F)(F)F)ccc1SCCN.CCCN.CN.CNC.NC(N)=NCCC=O. The summed E-state index contributed by atoms with van der Waals surface area (Å²) < 4.78 is 82.0. The molecule has 0 aromatic heterocycles. The summed E-state index contributed by atoms with van der Waals surface area (Å²) >= 11 is 1.12. The lowest BCUT2D eigenvalue weighted by molar-refractivity contribution is -0.138. The first-order valence-corrected chi connectivity index (χ1v) is 21.2. The predicted molar refractivity (Wildman–Crippen MR) is 256 cm³/mol. The van der Waals surface area contributed by atoms with Crippen LogP contribution in [-0.4, -0.2) is 95.6 Å². The second-order valence-electron chi connectivity index (χ2n) is 12.8. The fourth-order valence-electron chi connectivity index (χ4n) is 4.32. The van der Waals surface area contributed by atoms with Crippen LogP contribution < -0.4 is 55.7 Å². The number of aldehydes is 1. The van der Waals surface area contributed by atoms with Crippen LogP contribution in [0.4, 0.5) is 43.4 Å². The van der Waals surface area contributed by atoms with Gasteiger partial charge in [-0.15, -0.1) is 11.8 Å². The van der Waals surface area contributed by atoms with Gasteiger partial charge in [-0.05, 0) is 103 Å². The smallest absolute Gasteiger partial charge is 0.390 e. The number of hydrogen-bond acceptors (Lipinski definition) is 12. The molecule has 0 heterocycles. The van der Waals surface area contributed by atoms with Gasteiger partial charge in [-0.2, -0.15) is 26.3 Å². The number of benzene rings is 2. The van der Waals surface area contributed by atoms with Crippen molar-refractivity contribution < 1.29 is 45.5 Å². The van der Waals surface area contributed by atoms with E-state index >= 15 is 0 Å². The number of nitrogens with zero attached hydrogens (tertiary/aromatic N) is 3. The fraction of sp³-hybridized carbons (Fsp3) is 0.452. The Morgan fingerprint density at radius 3 is 1.82 bits per heavy atom. The van der Waals surface area contributed by atoms with E-state index in [0.29, 0.717) is 35.3 Å². The third-order valence-electron chi connectivity index (χ3n) is 7.61. The summed E-state index contributed by atoms with van der Waals surface area (Å²) in [5.74, 6) is -2.14. The molecule has 0 atom stereocenters. The number of rotatable bonds is 18. The van der Waals surface area contributed by atoms with Crippen molar-refractivity contribution >= 4 is 71.3 Å². The molecule has 0 saturated heterocycles. The number of halogens is 6. The Kier molecular flexibility index (Phi) is 35.6. The lowest BCUT2D eigenvalue weighted by Crippen LogP contribution is -2.22. The molecule has 0 radical (unpaired) electrons. The van der Waals surface area contributed by atoms with Gasteiger partial charge in [0.05, 0.1) is 23.2 Å². The second kappa shape index (κ2) is 36.4. The molecule has 372 valence electrons. The molecule has 24 heteroatoms. The lowest BCUT2D eigenvalue weighted by Gasteiger charge is -2.18. The maximum atomic E-state index is 13.8. The summed E-state index contributed by atoms with van der Waals surface area (Å²) in [7, 11) is 5.25. The average molecular weight is 964 g/mol.